The van der Waals surface area contributed by atoms with Gasteiger partial charge in [0.05, 0.1) is 10.9 Å². The van der Waals surface area contributed by atoms with Crippen molar-refractivity contribution >= 4 is 22.6 Å². The maximum Gasteiger partial charge on any atom is 0.260 e. The fraction of sp³-hybridized carbons (Fsp3) is 0.176. The Kier molecular flexibility index (Phi) is 3.22. The molecule has 0 fully saturated rings. The van der Waals surface area contributed by atoms with E-state index < -0.39 is 0 Å². The molecule has 1 aliphatic rings. The summed E-state index contributed by atoms with van der Waals surface area (Å²) in [5, 5.41) is 11.1. The topological polar surface area (TPSA) is 70.2 Å². The zero-order chi connectivity index (χ0) is 15.0. The van der Waals surface area contributed by atoms with Crippen LogP contribution in [-0.4, -0.2) is 15.9 Å². The van der Waals surface area contributed by atoms with Crippen LogP contribution < -0.4 is 5.56 Å². The Hall–Kier alpha value is -2.62. The molecule has 3 rings (SSSR count). The van der Waals surface area contributed by atoms with Crippen LogP contribution in [0.1, 0.15) is 35.0 Å². The first-order valence-corrected chi connectivity index (χ1v) is 6.86. The number of aromatic hydroxyl groups is 1. The van der Waals surface area contributed by atoms with Crippen LogP contribution in [0, 0.1) is 0 Å². The molecule has 2 aromatic rings. The van der Waals surface area contributed by atoms with Gasteiger partial charge in [0.2, 0.25) is 0 Å². The van der Waals surface area contributed by atoms with Gasteiger partial charge in [-0.3, -0.25) is 9.59 Å². The lowest BCUT2D eigenvalue weighted by atomic mass is 10.0. The van der Waals surface area contributed by atoms with Crippen LogP contribution in [0.3, 0.4) is 0 Å². The van der Waals surface area contributed by atoms with E-state index in [0.717, 1.165) is 5.56 Å². The molecule has 0 amide bonds. The summed E-state index contributed by atoms with van der Waals surface area (Å²) in [6.07, 6.45) is 8.38. The lowest BCUT2D eigenvalue weighted by Gasteiger charge is -2.07. The lowest BCUT2D eigenvalue weighted by Crippen LogP contribution is -2.09. The summed E-state index contributed by atoms with van der Waals surface area (Å²) in [7, 11) is 0. The van der Waals surface area contributed by atoms with E-state index in [0.29, 0.717) is 29.5 Å². The monoisotopic (exact) mass is 281 g/mol. The summed E-state index contributed by atoms with van der Waals surface area (Å²) in [5.74, 6) is -0.281. The molecule has 0 saturated carbocycles. The summed E-state index contributed by atoms with van der Waals surface area (Å²) >= 11 is 0. The Bertz CT molecular complexity index is 856. The van der Waals surface area contributed by atoms with E-state index in [9.17, 15) is 14.7 Å². The van der Waals surface area contributed by atoms with E-state index in [1.807, 2.05) is 31.2 Å². The Morgan fingerprint density at radius 2 is 2.00 bits per heavy atom. The van der Waals surface area contributed by atoms with Crippen LogP contribution >= 0.6 is 0 Å². The molecule has 0 unspecified atom stereocenters. The minimum absolute atomic E-state index is 0.0964. The minimum atomic E-state index is -0.382. The van der Waals surface area contributed by atoms with Gasteiger partial charge >= 0.3 is 0 Å². The van der Waals surface area contributed by atoms with Gasteiger partial charge in [0, 0.05) is 12.1 Å². The molecule has 1 heterocycles. The summed E-state index contributed by atoms with van der Waals surface area (Å²) in [5.41, 5.74) is 1.41. The van der Waals surface area contributed by atoms with Gasteiger partial charge in [0.25, 0.3) is 5.56 Å². The lowest BCUT2D eigenvalue weighted by molar-refractivity contribution is 0.0992. The summed E-state index contributed by atoms with van der Waals surface area (Å²) in [6, 6.07) is 3.64. The summed E-state index contributed by atoms with van der Waals surface area (Å²) in [4.78, 5) is 26.7. The van der Waals surface area contributed by atoms with Crippen molar-refractivity contribution in [2.24, 2.45) is 0 Å². The number of benzene rings is 1. The zero-order valence-electron chi connectivity index (χ0n) is 11.6. The third-order valence-corrected chi connectivity index (χ3v) is 3.69. The number of ketones is 1. The zero-order valence-corrected chi connectivity index (χ0v) is 11.6. The highest BCUT2D eigenvalue weighted by molar-refractivity contribution is 6.08. The third kappa shape index (κ3) is 2.18. The number of fused-ring (bicyclic) bond motifs is 2. The molecule has 1 aromatic carbocycles. The molecule has 1 aliphatic carbocycles. The molecular formula is C17H15NO3. The van der Waals surface area contributed by atoms with Gasteiger partial charge in [-0.25, -0.2) is 0 Å². The van der Waals surface area contributed by atoms with Gasteiger partial charge < -0.3 is 10.1 Å². The number of aromatic nitrogens is 1. The second-order valence-electron chi connectivity index (χ2n) is 5.09. The average Bonchev–Trinajstić information content (AvgIpc) is 2.80. The smallest absolute Gasteiger partial charge is 0.260 e. The molecule has 106 valence electrons. The second-order valence-corrected chi connectivity index (χ2v) is 5.09. The van der Waals surface area contributed by atoms with E-state index in [4.69, 9.17) is 0 Å². The highest BCUT2D eigenvalue weighted by Gasteiger charge is 2.26. The van der Waals surface area contributed by atoms with Crippen LogP contribution in [0.15, 0.2) is 35.2 Å². The van der Waals surface area contributed by atoms with Crippen molar-refractivity contribution < 1.29 is 9.90 Å². The number of carbonyl (C=O) groups is 1. The van der Waals surface area contributed by atoms with Gasteiger partial charge in [0.1, 0.15) is 5.75 Å². The largest absolute Gasteiger partial charge is 0.506 e. The fourth-order valence-corrected chi connectivity index (χ4v) is 2.74. The molecule has 0 saturated heterocycles. The average molecular weight is 281 g/mol. The Morgan fingerprint density at radius 1 is 1.19 bits per heavy atom. The standard InChI is InChI=1S/C17H15NO3/c1-2-3-4-5-12-9-11-8-10-6-7-13(19)14(10)16(20)15(11)17(21)18-12/h2-5,8-9,20H,6-7H2,1H3,(H,18,21)/b3-2+,5-4+. The maximum atomic E-state index is 12.2. The van der Waals surface area contributed by atoms with Gasteiger partial charge in [-0.15, -0.1) is 0 Å². The van der Waals surface area contributed by atoms with Crippen molar-refractivity contribution in [1.29, 1.82) is 0 Å². The van der Waals surface area contributed by atoms with E-state index in [-0.39, 0.29) is 22.5 Å². The van der Waals surface area contributed by atoms with Gasteiger partial charge in [-0.2, -0.15) is 0 Å². The van der Waals surface area contributed by atoms with Crippen molar-refractivity contribution in [2.75, 3.05) is 0 Å². The fourth-order valence-electron chi connectivity index (χ4n) is 2.74. The van der Waals surface area contributed by atoms with Crippen molar-refractivity contribution in [3.8, 4) is 5.75 Å². The molecule has 2 N–H and O–H groups in total. The number of Topliss-reactive ketones (excluding diaryl/α,β-unsaturated/α-hetero) is 1. The number of nitrogens with one attached hydrogen (secondary N) is 1. The van der Waals surface area contributed by atoms with Crippen molar-refractivity contribution in [2.45, 2.75) is 19.8 Å². The summed E-state index contributed by atoms with van der Waals surface area (Å²) < 4.78 is 0. The van der Waals surface area contributed by atoms with E-state index in [1.54, 1.807) is 12.1 Å². The van der Waals surface area contributed by atoms with Crippen molar-refractivity contribution in [3.05, 3.63) is 57.5 Å². The Morgan fingerprint density at radius 3 is 2.76 bits per heavy atom. The van der Waals surface area contributed by atoms with Crippen molar-refractivity contribution in [3.63, 3.8) is 0 Å². The number of hydrogen-bond acceptors (Lipinski definition) is 3. The number of aryl methyl sites for hydroxylation is 1. The number of phenols is 1. The second kappa shape index (κ2) is 5.05. The van der Waals surface area contributed by atoms with Gasteiger partial charge in [-0.1, -0.05) is 18.2 Å². The normalized spacial score (nSPS) is 14.6. The number of aromatic amines is 1. The third-order valence-electron chi connectivity index (χ3n) is 3.69. The number of allylic oxidation sites excluding steroid dienone is 3. The minimum Gasteiger partial charge on any atom is -0.506 e. The SMILES string of the molecule is C/C=C/C=C/c1cc2cc3c(c(O)c2c(=O)[nH]1)C(=O)CC3. The Balaban J connectivity index is 2.26. The van der Waals surface area contributed by atoms with E-state index in [1.165, 1.54) is 0 Å². The number of rotatable bonds is 2. The van der Waals surface area contributed by atoms with E-state index in [2.05, 4.69) is 4.98 Å². The quantitative estimate of drug-likeness (QED) is 0.831. The molecular weight excluding hydrogens is 266 g/mol. The molecule has 21 heavy (non-hydrogen) atoms. The first kappa shape index (κ1) is 13.4. The first-order valence-electron chi connectivity index (χ1n) is 6.86. The van der Waals surface area contributed by atoms with Gasteiger partial charge in [0.15, 0.2) is 5.78 Å². The van der Waals surface area contributed by atoms with Crippen LogP contribution in [0.4, 0.5) is 0 Å². The predicted molar refractivity (Wildman–Crippen MR) is 82.7 cm³/mol. The van der Waals surface area contributed by atoms with Crippen LogP contribution in [0.2, 0.25) is 0 Å². The highest BCUT2D eigenvalue weighted by atomic mass is 16.3. The first-order chi connectivity index (χ1) is 10.1. The Labute approximate surface area is 121 Å². The number of phenolic OH excluding ortho intramolecular Hbond substituents is 1. The molecule has 0 bridgehead atoms. The molecule has 4 heteroatoms. The van der Waals surface area contributed by atoms with Crippen LogP contribution in [-0.2, 0) is 6.42 Å². The molecule has 0 atom stereocenters. The molecule has 0 aliphatic heterocycles. The van der Waals surface area contributed by atoms with E-state index >= 15 is 0 Å². The maximum absolute atomic E-state index is 12.2. The molecule has 0 radical (unpaired) electrons. The predicted octanol–water partition coefficient (Wildman–Crippen LogP) is 2.95. The summed E-state index contributed by atoms with van der Waals surface area (Å²) in [6.45, 7) is 1.91. The number of pyridine rings is 1. The number of H-pyrrole nitrogens is 1. The van der Waals surface area contributed by atoms with Gasteiger partial charge in [-0.05, 0) is 42.5 Å². The molecule has 4 nitrogen and oxygen atoms in total. The molecule has 1 aromatic heterocycles. The number of carbonyl (C=O) groups excluding carboxylic acids is 1. The van der Waals surface area contributed by atoms with Crippen LogP contribution in [0.25, 0.3) is 16.8 Å². The van der Waals surface area contributed by atoms with Crippen molar-refractivity contribution in [1.82, 2.24) is 4.98 Å². The van der Waals surface area contributed by atoms with Crippen LogP contribution in [0.5, 0.6) is 5.75 Å². The molecule has 0 spiro atoms. The number of hydrogen-bond donors (Lipinski definition) is 2. The highest BCUT2D eigenvalue weighted by Crippen LogP contribution is 2.35.